The highest BCUT2D eigenvalue weighted by atomic mass is 35.5. The molecular weight excluding hydrogens is 212 g/mol. The average Bonchev–Trinajstić information content (AvgIpc) is 2.17. The second kappa shape index (κ2) is 3.85. The lowest BCUT2D eigenvalue weighted by molar-refractivity contribution is 0.233. The lowest BCUT2D eigenvalue weighted by Gasteiger charge is -2.26. The average molecular weight is 225 g/mol. The molecule has 1 unspecified atom stereocenters. The van der Waals surface area contributed by atoms with E-state index >= 15 is 0 Å². The van der Waals surface area contributed by atoms with Crippen LogP contribution in [-0.4, -0.2) is 17.4 Å². The third kappa shape index (κ3) is 2.00. The van der Waals surface area contributed by atoms with E-state index in [1.54, 1.807) is 6.07 Å². The molecule has 4 N–H and O–H groups in total. The highest BCUT2D eigenvalue weighted by molar-refractivity contribution is 6.30. The Kier molecular flexibility index (Phi) is 2.69. The molecule has 0 bridgehead atoms. The minimum atomic E-state index is -0.710. The van der Waals surface area contributed by atoms with Crippen LogP contribution in [0.25, 0.3) is 6.08 Å². The van der Waals surface area contributed by atoms with Crippen molar-refractivity contribution < 1.29 is 5.11 Å². The van der Waals surface area contributed by atoms with Crippen molar-refractivity contribution in [2.75, 3.05) is 5.32 Å². The standard InChI is InChI=1S/C11H13ClN2O/c1-6(13)9-5-7-4-8(12)2-3-10(7)14-11(9)15/h2-6,11,14-15H,13H2,1H3/t6-,11?/m0/s1. The molecule has 3 nitrogen and oxygen atoms in total. The van der Waals surface area contributed by atoms with Gasteiger partial charge in [0.2, 0.25) is 0 Å². The lowest BCUT2D eigenvalue weighted by atomic mass is 9.99. The second-order valence-corrected chi connectivity index (χ2v) is 4.15. The van der Waals surface area contributed by atoms with Crippen LogP contribution < -0.4 is 11.1 Å². The van der Waals surface area contributed by atoms with Crippen molar-refractivity contribution in [3.05, 3.63) is 34.4 Å². The third-order valence-corrected chi connectivity index (χ3v) is 2.70. The minimum absolute atomic E-state index is 0.181. The molecule has 1 aromatic carbocycles. The largest absolute Gasteiger partial charge is 0.370 e. The van der Waals surface area contributed by atoms with Crippen LogP contribution in [-0.2, 0) is 0 Å². The highest BCUT2D eigenvalue weighted by Gasteiger charge is 2.20. The Labute approximate surface area is 93.5 Å². The van der Waals surface area contributed by atoms with Crippen LogP contribution >= 0.6 is 11.6 Å². The summed E-state index contributed by atoms with van der Waals surface area (Å²) in [5.41, 5.74) is 8.35. The van der Waals surface area contributed by atoms with E-state index in [-0.39, 0.29) is 6.04 Å². The van der Waals surface area contributed by atoms with Crippen molar-refractivity contribution in [1.29, 1.82) is 0 Å². The number of fused-ring (bicyclic) bond motifs is 1. The van der Waals surface area contributed by atoms with Crippen molar-refractivity contribution in [2.45, 2.75) is 19.2 Å². The van der Waals surface area contributed by atoms with Gasteiger partial charge >= 0.3 is 0 Å². The molecule has 1 aliphatic rings. The molecule has 80 valence electrons. The van der Waals surface area contributed by atoms with Gasteiger partial charge in [-0.15, -0.1) is 0 Å². The summed E-state index contributed by atoms with van der Waals surface area (Å²) < 4.78 is 0. The number of rotatable bonds is 1. The molecule has 0 aliphatic carbocycles. The summed E-state index contributed by atoms with van der Waals surface area (Å²) in [7, 11) is 0. The first-order valence-corrected chi connectivity index (χ1v) is 5.17. The summed E-state index contributed by atoms with van der Waals surface area (Å²) in [5, 5.41) is 13.4. The molecule has 0 aromatic heterocycles. The van der Waals surface area contributed by atoms with E-state index in [1.165, 1.54) is 0 Å². The van der Waals surface area contributed by atoms with E-state index in [4.69, 9.17) is 17.3 Å². The van der Waals surface area contributed by atoms with Gasteiger partial charge in [0.25, 0.3) is 0 Å². The van der Waals surface area contributed by atoms with E-state index in [0.29, 0.717) is 5.02 Å². The molecule has 0 saturated heterocycles. The number of anilines is 1. The fraction of sp³-hybridized carbons (Fsp3) is 0.273. The Bertz CT molecular complexity index is 415. The quantitative estimate of drug-likeness (QED) is 0.682. The van der Waals surface area contributed by atoms with E-state index in [0.717, 1.165) is 16.8 Å². The van der Waals surface area contributed by atoms with E-state index in [1.807, 2.05) is 25.1 Å². The van der Waals surface area contributed by atoms with Gasteiger partial charge in [-0.1, -0.05) is 11.6 Å². The smallest absolute Gasteiger partial charge is 0.148 e. The van der Waals surface area contributed by atoms with Crippen LogP contribution in [0.15, 0.2) is 23.8 Å². The molecule has 1 aliphatic heterocycles. The van der Waals surface area contributed by atoms with Crippen molar-refractivity contribution in [2.24, 2.45) is 5.73 Å². The van der Waals surface area contributed by atoms with E-state index in [9.17, 15) is 5.11 Å². The first-order valence-electron chi connectivity index (χ1n) is 4.79. The maximum Gasteiger partial charge on any atom is 0.148 e. The molecule has 1 aromatic rings. The first-order chi connectivity index (χ1) is 7.08. The van der Waals surface area contributed by atoms with E-state index in [2.05, 4.69) is 5.32 Å². The Morgan fingerprint density at radius 2 is 2.27 bits per heavy atom. The van der Waals surface area contributed by atoms with E-state index < -0.39 is 6.23 Å². The third-order valence-electron chi connectivity index (χ3n) is 2.47. The summed E-state index contributed by atoms with van der Waals surface area (Å²) in [6.07, 6.45) is 1.17. The fourth-order valence-electron chi connectivity index (χ4n) is 1.65. The summed E-state index contributed by atoms with van der Waals surface area (Å²) in [5.74, 6) is 0. The van der Waals surface area contributed by atoms with Gasteiger partial charge in [0.05, 0.1) is 0 Å². The SMILES string of the molecule is C[C@H](N)C1=Cc2cc(Cl)ccc2NC1O. The number of aliphatic hydroxyl groups excluding tert-OH is 1. The molecule has 15 heavy (non-hydrogen) atoms. The number of nitrogens with two attached hydrogens (primary N) is 1. The Hall–Kier alpha value is -1.03. The number of aliphatic hydroxyl groups is 1. The topological polar surface area (TPSA) is 58.3 Å². The molecule has 2 atom stereocenters. The molecular formula is C11H13ClN2O. The van der Waals surface area contributed by atoms with Crippen LogP contribution in [0.5, 0.6) is 0 Å². The zero-order valence-corrected chi connectivity index (χ0v) is 9.12. The number of nitrogens with one attached hydrogen (secondary N) is 1. The summed E-state index contributed by atoms with van der Waals surface area (Å²) in [6.45, 7) is 1.84. The molecule has 0 saturated carbocycles. The zero-order chi connectivity index (χ0) is 11.0. The van der Waals surface area contributed by atoms with Gasteiger partial charge in [-0.25, -0.2) is 0 Å². The predicted molar refractivity (Wildman–Crippen MR) is 62.7 cm³/mol. The normalized spacial score (nSPS) is 21.3. The lowest BCUT2D eigenvalue weighted by Crippen LogP contribution is -2.34. The molecule has 2 rings (SSSR count). The predicted octanol–water partition coefficient (Wildman–Crippen LogP) is 1.81. The summed E-state index contributed by atoms with van der Waals surface area (Å²) >= 11 is 5.89. The Morgan fingerprint density at radius 3 is 2.93 bits per heavy atom. The van der Waals surface area contributed by atoms with Crippen molar-refractivity contribution >= 4 is 23.4 Å². The van der Waals surface area contributed by atoms with Crippen molar-refractivity contribution in [1.82, 2.24) is 0 Å². The van der Waals surface area contributed by atoms with Crippen LogP contribution in [0.4, 0.5) is 5.69 Å². The number of hydrogen-bond acceptors (Lipinski definition) is 3. The number of halogens is 1. The van der Waals surface area contributed by atoms with Crippen LogP contribution in [0.1, 0.15) is 12.5 Å². The monoisotopic (exact) mass is 224 g/mol. The first kappa shape index (κ1) is 10.5. The van der Waals surface area contributed by atoms with Gasteiger partial charge in [0, 0.05) is 16.8 Å². The molecule has 0 amide bonds. The number of hydrogen-bond donors (Lipinski definition) is 3. The zero-order valence-electron chi connectivity index (χ0n) is 8.37. The number of benzene rings is 1. The van der Waals surface area contributed by atoms with Gasteiger partial charge in [0.1, 0.15) is 6.23 Å². The fourth-order valence-corrected chi connectivity index (χ4v) is 1.83. The Balaban J connectivity index is 2.47. The molecule has 0 radical (unpaired) electrons. The molecule has 4 heteroatoms. The maximum atomic E-state index is 9.76. The molecule has 1 heterocycles. The minimum Gasteiger partial charge on any atom is -0.370 e. The van der Waals surface area contributed by atoms with Crippen molar-refractivity contribution in [3.8, 4) is 0 Å². The van der Waals surface area contributed by atoms with Crippen molar-refractivity contribution in [3.63, 3.8) is 0 Å². The van der Waals surface area contributed by atoms with Gasteiger partial charge in [-0.2, -0.15) is 0 Å². The van der Waals surface area contributed by atoms with Gasteiger partial charge in [-0.05, 0) is 42.3 Å². The van der Waals surface area contributed by atoms with Gasteiger partial charge in [0.15, 0.2) is 0 Å². The summed E-state index contributed by atoms with van der Waals surface area (Å²) in [6, 6.07) is 5.29. The van der Waals surface area contributed by atoms with Crippen LogP contribution in [0.3, 0.4) is 0 Å². The molecule has 0 spiro atoms. The highest BCUT2D eigenvalue weighted by Crippen LogP contribution is 2.29. The van der Waals surface area contributed by atoms with Crippen LogP contribution in [0.2, 0.25) is 5.02 Å². The van der Waals surface area contributed by atoms with Gasteiger partial charge in [-0.3, -0.25) is 0 Å². The summed E-state index contributed by atoms with van der Waals surface area (Å²) in [4.78, 5) is 0. The van der Waals surface area contributed by atoms with Crippen LogP contribution in [0, 0.1) is 0 Å². The Morgan fingerprint density at radius 1 is 1.53 bits per heavy atom. The second-order valence-electron chi connectivity index (χ2n) is 3.71. The maximum absolute atomic E-state index is 9.76. The van der Waals surface area contributed by atoms with Gasteiger partial charge < -0.3 is 16.2 Å². The molecule has 0 fully saturated rings.